The lowest BCUT2D eigenvalue weighted by molar-refractivity contribution is -0.136. The van der Waals surface area contributed by atoms with Gasteiger partial charge in [-0.2, -0.15) is 0 Å². The molecule has 0 fully saturated rings. The van der Waals surface area contributed by atoms with E-state index in [9.17, 15) is 4.79 Å². The average molecular weight is 303 g/mol. The number of hydrogen-bond donors (Lipinski definition) is 1. The molecule has 1 amide bonds. The van der Waals surface area contributed by atoms with Crippen LogP contribution in [0.3, 0.4) is 0 Å². The third kappa shape index (κ3) is 3.87. The number of nitrogens with two attached hydrogens (primary N) is 1. The average Bonchev–Trinajstić information content (AvgIpc) is 2.52. The SMILES string of the molecule is CC(C(=O)N(C)CC(C)(C)CN)N1CCc2ccccc2C1. The van der Waals surface area contributed by atoms with E-state index in [2.05, 4.69) is 43.0 Å². The van der Waals surface area contributed by atoms with Crippen LogP contribution in [0, 0.1) is 5.41 Å². The first kappa shape index (κ1) is 17.0. The molecule has 1 atom stereocenters. The van der Waals surface area contributed by atoms with Gasteiger partial charge in [0.15, 0.2) is 0 Å². The van der Waals surface area contributed by atoms with Crippen molar-refractivity contribution in [3.05, 3.63) is 35.4 Å². The zero-order valence-corrected chi connectivity index (χ0v) is 14.3. The first-order valence-electron chi connectivity index (χ1n) is 8.10. The van der Waals surface area contributed by atoms with Crippen molar-refractivity contribution in [3.63, 3.8) is 0 Å². The Balaban J connectivity index is 2.00. The van der Waals surface area contributed by atoms with Gasteiger partial charge in [-0.05, 0) is 36.4 Å². The molecule has 122 valence electrons. The number of fused-ring (bicyclic) bond motifs is 1. The van der Waals surface area contributed by atoms with Crippen molar-refractivity contribution in [2.24, 2.45) is 11.1 Å². The predicted molar refractivity (Wildman–Crippen MR) is 90.5 cm³/mol. The molecule has 0 bridgehead atoms. The lowest BCUT2D eigenvalue weighted by Gasteiger charge is -2.36. The quantitative estimate of drug-likeness (QED) is 0.903. The maximum atomic E-state index is 12.7. The highest BCUT2D eigenvalue weighted by atomic mass is 16.2. The van der Waals surface area contributed by atoms with E-state index in [0.29, 0.717) is 13.1 Å². The van der Waals surface area contributed by atoms with Crippen LogP contribution in [0.1, 0.15) is 31.9 Å². The lowest BCUT2D eigenvalue weighted by atomic mass is 9.93. The highest BCUT2D eigenvalue weighted by Gasteiger charge is 2.29. The van der Waals surface area contributed by atoms with Crippen LogP contribution in [0.2, 0.25) is 0 Å². The summed E-state index contributed by atoms with van der Waals surface area (Å²) in [6.45, 7) is 9.28. The van der Waals surface area contributed by atoms with E-state index in [4.69, 9.17) is 5.73 Å². The van der Waals surface area contributed by atoms with Crippen LogP contribution in [0.15, 0.2) is 24.3 Å². The number of amides is 1. The van der Waals surface area contributed by atoms with Gasteiger partial charge in [-0.3, -0.25) is 9.69 Å². The number of nitrogens with zero attached hydrogens (tertiary/aromatic N) is 2. The Bertz CT molecular complexity index is 527. The molecule has 2 rings (SSSR count). The molecule has 1 heterocycles. The fraction of sp³-hybridized carbons (Fsp3) is 0.611. The summed E-state index contributed by atoms with van der Waals surface area (Å²) in [5.41, 5.74) is 8.49. The summed E-state index contributed by atoms with van der Waals surface area (Å²) in [6, 6.07) is 8.43. The molecular formula is C18H29N3O. The van der Waals surface area contributed by atoms with Gasteiger partial charge in [0, 0.05) is 26.7 Å². The summed E-state index contributed by atoms with van der Waals surface area (Å²) < 4.78 is 0. The van der Waals surface area contributed by atoms with Crippen molar-refractivity contribution in [1.82, 2.24) is 9.80 Å². The van der Waals surface area contributed by atoms with E-state index in [-0.39, 0.29) is 17.4 Å². The van der Waals surface area contributed by atoms with Crippen molar-refractivity contribution >= 4 is 5.91 Å². The Hall–Kier alpha value is -1.39. The molecule has 0 spiro atoms. The van der Waals surface area contributed by atoms with E-state index in [0.717, 1.165) is 19.5 Å². The van der Waals surface area contributed by atoms with Crippen molar-refractivity contribution < 1.29 is 4.79 Å². The van der Waals surface area contributed by atoms with E-state index in [1.54, 1.807) is 0 Å². The number of rotatable bonds is 5. The Morgan fingerprint density at radius 3 is 2.64 bits per heavy atom. The molecule has 0 aliphatic carbocycles. The molecule has 1 aliphatic heterocycles. The fourth-order valence-electron chi connectivity index (χ4n) is 3.11. The topological polar surface area (TPSA) is 49.6 Å². The summed E-state index contributed by atoms with van der Waals surface area (Å²) in [6.07, 6.45) is 1.02. The van der Waals surface area contributed by atoms with Gasteiger partial charge >= 0.3 is 0 Å². The molecule has 1 aromatic carbocycles. The molecule has 0 radical (unpaired) electrons. The van der Waals surface area contributed by atoms with Gasteiger partial charge in [0.1, 0.15) is 0 Å². The van der Waals surface area contributed by atoms with Crippen LogP contribution >= 0.6 is 0 Å². The number of likely N-dealkylation sites (N-methyl/N-ethyl adjacent to an activating group) is 1. The molecule has 4 nitrogen and oxygen atoms in total. The van der Waals surface area contributed by atoms with Crippen LogP contribution in [0.4, 0.5) is 0 Å². The first-order valence-corrected chi connectivity index (χ1v) is 8.10. The fourth-order valence-corrected chi connectivity index (χ4v) is 3.11. The molecule has 1 unspecified atom stereocenters. The molecule has 0 saturated heterocycles. The predicted octanol–water partition coefficient (Wildman–Crippen LogP) is 1.88. The summed E-state index contributed by atoms with van der Waals surface area (Å²) in [7, 11) is 1.88. The maximum Gasteiger partial charge on any atom is 0.239 e. The van der Waals surface area contributed by atoms with Crippen molar-refractivity contribution in [2.75, 3.05) is 26.7 Å². The summed E-state index contributed by atoms with van der Waals surface area (Å²) in [4.78, 5) is 16.8. The molecule has 22 heavy (non-hydrogen) atoms. The van der Waals surface area contributed by atoms with Gasteiger partial charge in [-0.1, -0.05) is 38.1 Å². The van der Waals surface area contributed by atoms with Crippen LogP contribution in [0.5, 0.6) is 0 Å². The largest absolute Gasteiger partial charge is 0.344 e. The van der Waals surface area contributed by atoms with Crippen LogP contribution in [-0.2, 0) is 17.8 Å². The Kier molecular flexibility index (Phi) is 5.24. The van der Waals surface area contributed by atoms with E-state index in [1.165, 1.54) is 11.1 Å². The molecule has 1 aromatic rings. The monoisotopic (exact) mass is 303 g/mol. The van der Waals surface area contributed by atoms with Gasteiger partial charge in [-0.15, -0.1) is 0 Å². The summed E-state index contributed by atoms with van der Waals surface area (Å²) in [5.74, 6) is 0.181. The zero-order valence-electron chi connectivity index (χ0n) is 14.3. The minimum atomic E-state index is -0.0908. The molecule has 0 saturated carbocycles. The molecule has 1 aliphatic rings. The number of carbonyl (C=O) groups is 1. The van der Waals surface area contributed by atoms with Crippen molar-refractivity contribution in [1.29, 1.82) is 0 Å². The number of carbonyl (C=O) groups excluding carboxylic acids is 1. The lowest BCUT2D eigenvalue weighted by Crippen LogP contribution is -2.50. The number of hydrogen-bond acceptors (Lipinski definition) is 3. The Morgan fingerprint density at radius 1 is 1.36 bits per heavy atom. The van der Waals surface area contributed by atoms with Crippen LogP contribution in [-0.4, -0.2) is 48.4 Å². The Labute approximate surface area is 134 Å². The molecule has 0 aromatic heterocycles. The van der Waals surface area contributed by atoms with Gasteiger partial charge in [-0.25, -0.2) is 0 Å². The summed E-state index contributed by atoms with van der Waals surface area (Å²) >= 11 is 0. The number of benzene rings is 1. The smallest absolute Gasteiger partial charge is 0.239 e. The maximum absolute atomic E-state index is 12.7. The highest BCUT2D eigenvalue weighted by Crippen LogP contribution is 2.21. The molecule has 2 N–H and O–H groups in total. The van der Waals surface area contributed by atoms with Gasteiger partial charge in [0.25, 0.3) is 0 Å². The van der Waals surface area contributed by atoms with Gasteiger partial charge in [0.2, 0.25) is 5.91 Å². The second kappa shape index (κ2) is 6.80. The summed E-state index contributed by atoms with van der Waals surface area (Å²) in [5, 5.41) is 0. The standard InChI is InChI=1S/C18H29N3O/c1-14(17(22)20(4)13-18(2,3)12-19)21-10-9-15-7-5-6-8-16(15)11-21/h5-8,14H,9-13,19H2,1-4H3. The normalized spacial score (nSPS) is 17.0. The minimum Gasteiger partial charge on any atom is -0.344 e. The van der Waals surface area contributed by atoms with E-state index >= 15 is 0 Å². The third-order valence-electron chi connectivity index (χ3n) is 4.66. The first-order chi connectivity index (χ1) is 10.3. The molecular weight excluding hydrogens is 274 g/mol. The van der Waals surface area contributed by atoms with Crippen LogP contribution in [0.25, 0.3) is 0 Å². The molecule has 4 heteroatoms. The van der Waals surface area contributed by atoms with E-state index < -0.39 is 0 Å². The van der Waals surface area contributed by atoms with Gasteiger partial charge in [0.05, 0.1) is 6.04 Å². The van der Waals surface area contributed by atoms with Crippen molar-refractivity contribution in [2.45, 2.75) is 39.8 Å². The van der Waals surface area contributed by atoms with E-state index in [1.807, 2.05) is 18.9 Å². The zero-order chi connectivity index (χ0) is 16.3. The third-order valence-corrected chi connectivity index (χ3v) is 4.66. The van der Waals surface area contributed by atoms with Gasteiger partial charge < -0.3 is 10.6 Å². The second-order valence-corrected chi connectivity index (χ2v) is 7.23. The van der Waals surface area contributed by atoms with Crippen molar-refractivity contribution in [3.8, 4) is 0 Å². The second-order valence-electron chi connectivity index (χ2n) is 7.23. The highest BCUT2D eigenvalue weighted by molar-refractivity contribution is 5.81. The van der Waals surface area contributed by atoms with Crippen LogP contribution < -0.4 is 5.73 Å². The minimum absolute atomic E-state index is 0.0430. The Morgan fingerprint density at radius 2 is 2.00 bits per heavy atom.